The highest BCUT2D eigenvalue weighted by molar-refractivity contribution is 6.18. The molecule has 1 aromatic heterocycles. The SMILES string of the molecule is CCn1nc(CNCC(C)CCl)c2ccccc21. The van der Waals surface area contributed by atoms with E-state index in [1.54, 1.807) is 0 Å². The van der Waals surface area contributed by atoms with Gasteiger partial charge in [-0.2, -0.15) is 5.10 Å². The van der Waals surface area contributed by atoms with E-state index in [-0.39, 0.29) is 0 Å². The van der Waals surface area contributed by atoms with Gasteiger partial charge in [-0.05, 0) is 25.5 Å². The molecule has 0 aliphatic carbocycles. The summed E-state index contributed by atoms with van der Waals surface area (Å²) in [5, 5.41) is 9.31. The fourth-order valence-corrected chi connectivity index (χ4v) is 2.17. The number of hydrogen-bond acceptors (Lipinski definition) is 2. The first-order valence-electron chi connectivity index (χ1n) is 6.47. The van der Waals surface area contributed by atoms with E-state index in [1.165, 1.54) is 10.9 Å². The summed E-state index contributed by atoms with van der Waals surface area (Å²) in [6.07, 6.45) is 0. The lowest BCUT2D eigenvalue weighted by Crippen LogP contribution is -2.22. The van der Waals surface area contributed by atoms with Crippen LogP contribution in [0.4, 0.5) is 0 Å². The number of nitrogens with one attached hydrogen (secondary N) is 1. The van der Waals surface area contributed by atoms with Crippen molar-refractivity contribution in [2.24, 2.45) is 5.92 Å². The maximum Gasteiger partial charge on any atom is 0.0841 e. The molecule has 1 aromatic carbocycles. The lowest BCUT2D eigenvalue weighted by atomic mass is 10.2. The van der Waals surface area contributed by atoms with Gasteiger partial charge in [0.1, 0.15) is 0 Å². The third-order valence-electron chi connectivity index (χ3n) is 3.08. The molecule has 0 radical (unpaired) electrons. The smallest absolute Gasteiger partial charge is 0.0841 e. The standard InChI is InChI=1S/C14H20ClN3/c1-3-18-14-7-5-4-6-12(14)13(17-18)10-16-9-11(2)8-15/h4-7,11,16H,3,8-10H2,1-2H3. The van der Waals surface area contributed by atoms with Gasteiger partial charge in [-0.25, -0.2) is 0 Å². The van der Waals surface area contributed by atoms with Crippen molar-refractivity contribution in [3.8, 4) is 0 Å². The summed E-state index contributed by atoms with van der Waals surface area (Å²) >= 11 is 5.80. The molecule has 0 aliphatic heterocycles. The summed E-state index contributed by atoms with van der Waals surface area (Å²) < 4.78 is 2.05. The Morgan fingerprint density at radius 1 is 1.39 bits per heavy atom. The summed E-state index contributed by atoms with van der Waals surface area (Å²) in [7, 11) is 0. The molecule has 0 saturated carbocycles. The van der Waals surface area contributed by atoms with E-state index < -0.39 is 0 Å². The largest absolute Gasteiger partial charge is 0.311 e. The molecule has 0 bridgehead atoms. The summed E-state index contributed by atoms with van der Waals surface area (Å²) in [5.74, 6) is 1.18. The zero-order chi connectivity index (χ0) is 13.0. The second-order valence-electron chi connectivity index (χ2n) is 4.67. The number of nitrogens with zero attached hydrogens (tertiary/aromatic N) is 2. The number of hydrogen-bond donors (Lipinski definition) is 1. The molecule has 3 nitrogen and oxygen atoms in total. The van der Waals surface area contributed by atoms with Crippen LogP contribution in [-0.2, 0) is 13.1 Å². The summed E-state index contributed by atoms with van der Waals surface area (Å²) in [5.41, 5.74) is 2.33. The van der Waals surface area contributed by atoms with E-state index in [9.17, 15) is 0 Å². The van der Waals surface area contributed by atoms with Gasteiger partial charge in [-0.1, -0.05) is 25.1 Å². The second kappa shape index (κ2) is 6.21. The topological polar surface area (TPSA) is 29.9 Å². The Morgan fingerprint density at radius 3 is 2.89 bits per heavy atom. The molecular weight excluding hydrogens is 246 g/mol. The fraction of sp³-hybridized carbons (Fsp3) is 0.500. The van der Waals surface area contributed by atoms with Gasteiger partial charge in [-0.3, -0.25) is 4.68 Å². The van der Waals surface area contributed by atoms with Crippen LogP contribution in [0.25, 0.3) is 10.9 Å². The van der Waals surface area contributed by atoms with Gasteiger partial charge in [0.25, 0.3) is 0 Å². The van der Waals surface area contributed by atoms with Crippen molar-refractivity contribution in [1.29, 1.82) is 0 Å². The van der Waals surface area contributed by atoms with Crippen molar-refractivity contribution in [2.75, 3.05) is 12.4 Å². The minimum Gasteiger partial charge on any atom is -0.311 e. The average molecular weight is 266 g/mol. The third-order valence-corrected chi connectivity index (χ3v) is 3.61. The van der Waals surface area contributed by atoms with Crippen molar-refractivity contribution in [3.63, 3.8) is 0 Å². The number of alkyl halides is 1. The molecule has 1 N–H and O–H groups in total. The highest BCUT2D eigenvalue weighted by atomic mass is 35.5. The average Bonchev–Trinajstić information content (AvgIpc) is 2.77. The lowest BCUT2D eigenvalue weighted by Gasteiger charge is -2.07. The highest BCUT2D eigenvalue weighted by Crippen LogP contribution is 2.18. The van der Waals surface area contributed by atoms with Gasteiger partial charge in [0.15, 0.2) is 0 Å². The van der Waals surface area contributed by atoms with Gasteiger partial charge in [0.2, 0.25) is 0 Å². The quantitative estimate of drug-likeness (QED) is 0.814. The van der Waals surface area contributed by atoms with E-state index in [0.717, 1.165) is 25.3 Å². The molecule has 0 saturated heterocycles. The first-order chi connectivity index (χ1) is 8.76. The molecule has 0 amide bonds. The first-order valence-corrected chi connectivity index (χ1v) is 7.00. The Morgan fingerprint density at radius 2 is 2.17 bits per heavy atom. The maximum absolute atomic E-state index is 5.80. The molecule has 0 fully saturated rings. The van der Waals surface area contributed by atoms with E-state index in [0.29, 0.717) is 11.8 Å². The van der Waals surface area contributed by atoms with Crippen LogP contribution in [0.5, 0.6) is 0 Å². The van der Waals surface area contributed by atoms with Gasteiger partial charge >= 0.3 is 0 Å². The van der Waals surface area contributed by atoms with Gasteiger partial charge in [0, 0.05) is 24.4 Å². The first kappa shape index (κ1) is 13.4. The van der Waals surface area contributed by atoms with Crippen molar-refractivity contribution in [1.82, 2.24) is 15.1 Å². The van der Waals surface area contributed by atoms with Crippen LogP contribution in [0, 0.1) is 5.92 Å². The number of fused-ring (bicyclic) bond motifs is 1. The predicted molar refractivity (Wildman–Crippen MR) is 77.0 cm³/mol. The van der Waals surface area contributed by atoms with Crippen molar-refractivity contribution < 1.29 is 0 Å². The summed E-state index contributed by atoms with van der Waals surface area (Å²) in [6, 6.07) is 8.38. The van der Waals surface area contributed by atoms with Crippen LogP contribution in [0.2, 0.25) is 0 Å². The third kappa shape index (κ3) is 2.85. The monoisotopic (exact) mass is 265 g/mol. The molecule has 98 valence electrons. The van der Waals surface area contributed by atoms with Gasteiger partial charge < -0.3 is 5.32 Å². The number of para-hydroxylation sites is 1. The van der Waals surface area contributed by atoms with Gasteiger partial charge in [-0.15, -0.1) is 11.6 Å². The molecule has 18 heavy (non-hydrogen) atoms. The molecule has 1 unspecified atom stereocenters. The van der Waals surface area contributed by atoms with E-state index in [4.69, 9.17) is 11.6 Å². The van der Waals surface area contributed by atoms with E-state index >= 15 is 0 Å². The Kier molecular flexibility index (Phi) is 4.61. The minimum atomic E-state index is 0.492. The molecule has 1 atom stereocenters. The zero-order valence-electron chi connectivity index (χ0n) is 11.0. The number of halogens is 1. The summed E-state index contributed by atoms with van der Waals surface area (Å²) in [4.78, 5) is 0. The zero-order valence-corrected chi connectivity index (χ0v) is 11.7. The Balaban J connectivity index is 2.13. The van der Waals surface area contributed by atoms with Crippen molar-refractivity contribution >= 4 is 22.5 Å². The van der Waals surface area contributed by atoms with Crippen molar-refractivity contribution in [2.45, 2.75) is 26.9 Å². The number of benzene rings is 1. The Hall–Kier alpha value is -1.06. The number of aromatic nitrogens is 2. The number of aryl methyl sites for hydroxylation is 1. The molecule has 0 spiro atoms. The van der Waals surface area contributed by atoms with E-state index in [2.05, 4.69) is 53.2 Å². The molecular formula is C14H20ClN3. The van der Waals surface area contributed by atoms with Gasteiger partial charge in [0.05, 0.1) is 11.2 Å². The highest BCUT2D eigenvalue weighted by Gasteiger charge is 2.08. The lowest BCUT2D eigenvalue weighted by molar-refractivity contribution is 0.547. The minimum absolute atomic E-state index is 0.492. The number of rotatable bonds is 6. The molecule has 2 rings (SSSR count). The Bertz CT molecular complexity index is 507. The second-order valence-corrected chi connectivity index (χ2v) is 4.98. The van der Waals surface area contributed by atoms with E-state index in [1.807, 2.05) is 0 Å². The molecule has 1 heterocycles. The van der Waals surface area contributed by atoms with Crippen LogP contribution in [0.1, 0.15) is 19.5 Å². The van der Waals surface area contributed by atoms with Crippen LogP contribution in [0.15, 0.2) is 24.3 Å². The summed E-state index contributed by atoms with van der Waals surface area (Å²) in [6.45, 7) is 6.89. The predicted octanol–water partition coefficient (Wildman–Crippen LogP) is 3.02. The Labute approximate surface area is 113 Å². The van der Waals surface area contributed by atoms with Crippen LogP contribution in [0.3, 0.4) is 0 Å². The van der Waals surface area contributed by atoms with Crippen molar-refractivity contribution in [3.05, 3.63) is 30.0 Å². The molecule has 2 aromatic rings. The van der Waals surface area contributed by atoms with Crippen LogP contribution < -0.4 is 5.32 Å². The maximum atomic E-state index is 5.80. The van der Waals surface area contributed by atoms with Crippen LogP contribution in [-0.4, -0.2) is 22.2 Å². The normalized spacial score (nSPS) is 13.1. The van der Waals surface area contributed by atoms with Crippen LogP contribution >= 0.6 is 11.6 Å². The molecule has 4 heteroatoms. The fourth-order valence-electron chi connectivity index (χ4n) is 2.06. The molecule has 0 aliphatic rings.